The second kappa shape index (κ2) is 7.32. The van der Waals surface area contributed by atoms with Crippen LogP contribution in [0.4, 0.5) is 0 Å². The lowest BCUT2D eigenvalue weighted by Crippen LogP contribution is -2.38. The largest absolute Gasteiger partial charge is 0.314 e. The normalized spacial score (nSPS) is 27.6. The molecule has 1 heteroatoms. The molecule has 1 nitrogen and oxygen atoms in total. The van der Waals surface area contributed by atoms with Gasteiger partial charge in [-0.1, -0.05) is 53.4 Å². The summed E-state index contributed by atoms with van der Waals surface area (Å²) >= 11 is 0. The molecule has 1 rings (SSSR count). The summed E-state index contributed by atoms with van der Waals surface area (Å²) in [6.45, 7) is 10.5. The highest BCUT2D eigenvalue weighted by Crippen LogP contribution is 2.36. The van der Waals surface area contributed by atoms with E-state index in [4.69, 9.17) is 0 Å². The third-order valence-corrected chi connectivity index (χ3v) is 4.65. The Morgan fingerprint density at radius 3 is 2.25 bits per heavy atom. The molecule has 0 aromatic heterocycles. The molecule has 0 radical (unpaired) electrons. The van der Waals surface area contributed by atoms with E-state index in [0.717, 1.165) is 30.3 Å². The molecule has 1 aliphatic rings. The zero-order chi connectivity index (χ0) is 12.0. The van der Waals surface area contributed by atoms with Gasteiger partial charge in [0.2, 0.25) is 0 Å². The van der Waals surface area contributed by atoms with E-state index < -0.39 is 0 Å². The predicted molar refractivity (Wildman–Crippen MR) is 72.7 cm³/mol. The van der Waals surface area contributed by atoms with E-state index in [0.29, 0.717) is 0 Å². The van der Waals surface area contributed by atoms with Crippen molar-refractivity contribution in [1.82, 2.24) is 5.32 Å². The Kier molecular flexibility index (Phi) is 6.41. The maximum absolute atomic E-state index is 3.75. The van der Waals surface area contributed by atoms with Gasteiger partial charge < -0.3 is 5.32 Å². The van der Waals surface area contributed by atoms with Gasteiger partial charge in [0, 0.05) is 6.04 Å². The van der Waals surface area contributed by atoms with E-state index in [1.165, 1.54) is 38.5 Å². The van der Waals surface area contributed by atoms with E-state index in [-0.39, 0.29) is 0 Å². The smallest absolute Gasteiger partial charge is 0.0100 e. The highest BCUT2D eigenvalue weighted by Gasteiger charge is 2.31. The molecule has 0 saturated heterocycles. The molecule has 16 heavy (non-hydrogen) atoms. The SMILES string of the molecule is CCNC(CC(CC)CC)C1CCCC1C. The summed E-state index contributed by atoms with van der Waals surface area (Å²) in [5.74, 6) is 2.82. The van der Waals surface area contributed by atoms with Gasteiger partial charge in [0.1, 0.15) is 0 Å². The van der Waals surface area contributed by atoms with Gasteiger partial charge in [0.25, 0.3) is 0 Å². The first-order valence-electron chi connectivity index (χ1n) is 7.46. The van der Waals surface area contributed by atoms with Crippen LogP contribution in [0.2, 0.25) is 0 Å². The summed E-state index contributed by atoms with van der Waals surface area (Å²) in [6, 6.07) is 0.785. The zero-order valence-corrected chi connectivity index (χ0v) is 11.8. The second-order valence-corrected chi connectivity index (χ2v) is 5.65. The summed E-state index contributed by atoms with van der Waals surface area (Å²) in [7, 11) is 0. The van der Waals surface area contributed by atoms with Crippen LogP contribution in [0.5, 0.6) is 0 Å². The van der Waals surface area contributed by atoms with Crippen LogP contribution in [-0.2, 0) is 0 Å². The fraction of sp³-hybridized carbons (Fsp3) is 1.00. The number of hydrogen-bond donors (Lipinski definition) is 1. The molecule has 0 bridgehead atoms. The molecule has 96 valence electrons. The predicted octanol–water partition coefficient (Wildman–Crippen LogP) is 4.23. The van der Waals surface area contributed by atoms with Gasteiger partial charge in [-0.25, -0.2) is 0 Å². The Bertz CT molecular complexity index is 174. The average Bonchev–Trinajstić information content (AvgIpc) is 2.71. The van der Waals surface area contributed by atoms with Crippen LogP contribution in [0.1, 0.15) is 66.2 Å². The Morgan fingerprint density at radius 1 is 1.12 bits per heavy atom. The van der Waals surface area contributed by atoms with Crippen molar-refractivity contribution < 1.29 is 0 Å². The first-order valence-corrected chi connectivity index (χ1v) is 7.46. The van der Waals surface area contributed by atoms with E-state index >= 15 is 0 Å². The molecular formula is C15H31N. The van der Waals surface area contributed by atoms with E-state index in [9.17, 15) is 0 Å². The molecule has 3 atom stereocenters. The maximum atomic E-state index is 3.75. The minimum atomic E-state index is 0.785. The highest BCUT2D eigenvalue weighted by atomic mass is 14.9. The van der Waals surface area contributed by atoms with Crippen molar-refractivity contribution in [2.75, 3.05) is 6.54 Å². The lowest BCUT2D eigenvalue weighted by atomic mass is 9.83. The van der Waals surface area contributed by atoms with Crippen molar-refractivity contribution >= 4 is 0 Å². The molecule has 0 amide bonds. The third kappa shape index (κ3) is 3.76. The molecule has 0 aliphatic heterocycles. The van der Waals surface area contributed by atoms with Gasteiger partial charge in [-0.05, 0) is 37.1 Å². The van der Waals surface area contributed by atoms with Gasteiger partial charge in [-0.3, -0.25) is 0 Å². The van der Waals surface area contributed by atoms with Crippen LogP contribution in [0.3, 0.4) is 0 Å². The van der Waals surface area contributed by atoms with Crippen molar-refractivity contribution in [3.63, 3.8) is 0 Å². The minimum Gasteiger partial charge on any atom is -0.314 e. The molecule has 1 saturated carbocycles. The van der Waals surface area contributed by atoms with Crippen molar-refractivity contribution in [2.24, 2.45) is 17.8 Å². The van der Waals surface area contributed by atoms with Gasteiger partial charge in [0.15, 0.2) is 0 Å². The van der Waals surface area contributed by atoms with Crippen molar-refractivity contribution in [1.29, 1.82) is 0 Å². The van der Waals surface area contributed by atoms with Crippen LogP contribution >= 0.6 is 0 Å². The maximum Gasteiger partial charge on any atom is 0.0100 e. The van der Waals surface area contributed by atoms with Crippen molar-refractivity contribution in [2.45, 2.75) is 72.3 Å². The van der Waals surface area contributed by atoms with E-state index in [2.05, 4.69) is 33.0 Å². The van der Waals surface area contributed by atoms with Crippen molar-refractivity contribution in [3.05, 3.63) is 0 Å². The van der Waals surface area contributed by atoms with Gasteiger partial charge in [0.05, 0.1) is 0 Å². The number of nitrogens with one attached hydrogen (secondary N) is 1. The summed E-state index contributed by atoms with van der Waals surface area (Å²) in [6.07, 6.45) is 8.46. The summed E-state index contributed by atoms with van der Waals surface area (Å²) in [5.41, 5.74) is 0. The van der Waals surface area contributed by atoms with Gasteiger partial charge >= 0.3 is 0 Å². The molecular weight excluding hydrogens is 194 g/mol. The summed E-state index contributed by atoms with van der Waals surface area (Å²) in [4.78, 5) is 0. The fourth-order valence-electron chi connectivity index (χ4n) is 3.42. The minimum absolute atomic E-state index is 0.785. The molecule has 0 aromatic rings. The lowest BCUT2D eigenvalue weighted by Gasteiger charge is -2.30. The van der Waals surface area contributed by atoms with E-state index in [1.807, 2.05) is 0 Å². The van der Waals surface area contributed by atoms with Crippen LogP contribution < -0.4 is 5.32 Å². The zero-order valence-electron chi connectivity index (χ0n) is 11.8. The number of rotatable bonds is 7. The van der Waals surface area contributed by atoms with Crippen LogP contribution in [0.15, 0.2) is 0 Å². The fourth-order valence-corrected chi connectivity index (χ4v) is 3.42. The van der Waals surface area contributed by atoms with Crippen LogP contribution in [-0.4, -0.2) is 12.6 Å². The quantitative estimate of drug-likeness (QED) is 0.684. The van der Waals surface area contributed by atoms with Crippen molar-refractivity contribution in [3.8, 4) is 0 Å². The van der Waals surface area contributed by atoms with Crippen LogP contribution in [0, 0.1) is 17.8 Å². The molecule has 0 heterocycles. The molecule has 0 spiro atoms. The first-order chi connectivity index (χ1) is 7.72. The van der Waals surface area contributed by atoms with E-state index in [1.54, 1.807) is 0 Å². The average molecular weight is 225 g/mol. The third-order valence-electron chi connectivity index (χ3n) is 4.65. The first kappa shape index (κ1) is 14.0. The molecule has 1 fully saturated rings. The lowest BCUT2D eigenvalue weighted by molar-refractivity contribution is 0.249. The Morgan fingerprint density at radius 2 is 1.81 bits per heavy atom. The molecule has 1 N–H and O–H groups in total. The van der Waals surface area contributed by atoms with Gasteiger partial charge in [-0.2, -0.15) is 0 Å². The number of hydrogen-bond acceptors (Lipinski definition) is 1. The topological polar surface area (TPSA) is 12.0 Å². The Balaban J connectivity index is 2.51. The Labute approximate surface area is 102 Å². The van der Waals surface area contributed by atoms with Gasteiger partial charge in [-0.15, -0.1) is 0 Å². The highest BCUT2D eigenvalue weighted by molar-refractivity contribution is 4.85. The molecule has 3 unspecified atom stereocenters. The summed E-state index contributed by atoms with van der Waals surface area (Å²) in [5, 5.41) is 3.75. The monoisotopic (exact) mass is 225 g/mol. The van der Waals surface area contributed by atoms with Crippen LogP contribution in [0.25, 0.3) is 0 Å². The Hall–Kier alpha value is -0.0400. The standard InChI is InChI=1S/C15H31N/c1-5-13(6-2)11-15(16-7-3)14-10-8-9-12(14)4/h12-16H,5-11H2,1-4H3. The molecule has 1 aliphatic carbocycles. The molecule has 0 aromatic carbocycles. The second-order valence-electron chi connectivity index (χ2n) is 5.65. The summed E-state index contributed by atoms with van der Waals surface area (Å²) < 4.78 is 0.